The summed E-state index contributed by atoms with van der Waals surface area (Å²) in [6.07, 6.45) is 1.62. The monoisotopic (exact) mass is 562 g/mol. The van der Waals surface area contributed by atoms with Gasteiger partial charge in [0.05, 0.1) is 18.7 Å². The van der Waals surface area contributed by atoms with Crippen LogP contribution < -0.4 is 11.1 Å². The number of aliphatic hydroxyl groups is 1. The summed E-state index contributed by atoms with van der Waals surface area (Å²) >= 11 is 7.87. The number of benzene rings is 2. The highest BCUT2D eigenvalue weighted by atomic mass is 35.5. The second kappa shape index (κ2) is 11.4. The number of carbonyl (C=O) groups is 1. The molecule has 0 saturated heterocycles. The molecule has 0 bridgehead atoms. The van der Waals surface area contributed by atoms with Crippen molar-refractivity contribution in [2.45, 2.75) is 52.7 Å². The third-order valence-corrected chi connectivity index (χ3v) is 8.49. The van der Waals surface area contributed by atoms with Crippen molar-refractivity contribution in [1.82, 2.24) is 14.8 Å². The molecule has 8 nitrogen and oxygen atoms in total. The Labute approximate surface area is 236 Å². The molecule has 2 aromatic carbocycles. The molecule has 202 valence electrons. The Morgan fingerprint density at radius 2 is 1.90 bits per heavy atom. The van der Waals surface area contributed by atoms with Crippen molar-refractivity contribution in [2.24, 2.45) is 10.7 Å². The number of aryl methyl sites for hydroxylation is 3. The number of nitrogens with two attached hydrogens (primary N) is 1. The summed E-state index contributed by atoms with van der Waals surface area (Å²) in [6, 6.07) is 12.6. The Hall–Kier alpha value is -3.37. The Morgan fingerprint density at radius 3 is 2.62 bits per heavy atom. The standard InChI is InChI=1S/C29H31ClN6O2S/c1-16-17(2)39-29-26(16)27(19-6-9-22(30)10-7-19)33-24(28-35-34-18(3)36(28)29)14-25(38)32-23-11-8-21(15-37)20(13-23)5-4-12-31/h6-11,13,24,37H,4-5,12,14-15,31H2,1-3H3,(H,32,38)/t24-/m0/s1. The minimum Gasteiger partial charge on any atom is -0.392 e. The molecule has 1 aliphatic rings. The topological polar surface area (TPSA) is 118 Å². The van der Waals surface area contributed by atoms with E-state index >= 15 is 0 Å². The van der Waals surface area contributed by atoms with Crippen molar-refractivity contribution in [3.63, 3.8) is 0 Å². The molecule has 0 unspecified atom stereocenters. The van der Waals surface area contributed by atoms with Gasteiger partial charge in [-0.05, 0) is 81.1 Å². The van der Waals surface area contributed by atoms with Crippen LogP contribution in [0.15, 0.2) is 47.5 Å². The maximum absolute atomic E-state index is 13.4. The first-order valence-electron chi connectivity index (χ1n) is 12.9. The first-order valence-corrected chi connectivity index (χ1v) is 14.1. The molecule has 0 saturated carbocycles. The maximum Gasteiger partial charge on any atom is 0.227 e. The molecular formula is C29H31ClN6O2S. The lowest BCUT2D eigenvalue weighted by atomic mass is 9.99. The van der Waals surface area contributed by atoms with Crippen LogP contribution in [0.5, 0.6) is 0 Å². The van der Waals surface area contributed by atoms with Crippen LogP contribution in [0.25, 0.3) is 5.00 Å². The zero-order valence-electron chi connectivity index (χ0n) is 22.2. The van der Waals surface area contributed by atoms with Crippen molar-refractivity contribution < 1.29 is 9.90 Å². The Bertz CT molecular complexity index is 1560. The number of nitrogens with zero attached hydrogens (tertiary/aromatic N) is 4. The lowest BCUT2D eigenvalue weighted by molar-refractivity contribution is -0.116. The average molecular weight is 563 g/mol. The molecule has 3 heterocycles. The number of aliphatic hydroxyl groups excluding tert-OH is 1. The number of aromatic nitrogens is 3. The van der Waals surface area contributed by atoms with Gasteiger partial charge in [-0.15, -0.1) is 21.5 Å². The minimum absolute atomic E-state index is 0.0591. The molecule has 4 N–H and O–H groups in total. The Morgan fingerprint density at radius 1 is 1.13 bits per heavy atom. The van der Waals surface area contributed by atoms with Crippen molar-refractivity contribution in [3.05, 3.63) is 91.8 Å². The number of halogens is 1. The first kappa shape index (κ1) is 27.2. The normalized spacial score (nSPS) is 14.4. The van der Waals surface area contributed by atoms with Gasteiger partial charge in [-0.1, -0.05) is 29.8 Å². The van der Waals surface area contributed by atoms with Gasteiger partial charge in [0.1, 0.15) is 16.9 Å². The maximum atomic E-state index is 13.4. The summed E-state index contributed by atoms with van der Waals surface area (Å²) < 4.78 is 2.03. The highest BCUT2D eigenvalue weighted by Crippen LogP contribution is 2.39. The fourth-order valence-corrected chi connectivity index (χ4v) is 6.24. The van der Waals surface area contributed by atoms with E-state index in [1.54, 1.807) is 17.4 Å². The third kappa shape index (κ3) is 5.40. The van der Waals surface area contributed by atoms with Gasteiger partial charge in [0.2, 0.25) is 5.91 Å². The lowest BCUT2D eigenvalue weighted by Gasteiger charge is -2.14. The van der Waals surface area contributed by atoms with E-state index in [1.807, 2.05) is 47.9 Å². The van der Waals surface area contributed by atoms with Crippen molar-refractivity contribution in [3.8, 4) is 5.00 Å². The van der Waals surface area contributed by atoms with Gasteiger partial charge in [-0.3, -0.25) is 14.4 Å². The summed E-state index contributed by atoms with van der Waals surface area (Å²) in [5.74, 6) is 1.19. The summed E-state index contributed by atoms with van der Waals surface area (Å²) in [6.45, 7) is 6.61. The number of anilines is 1. The fraction of sp³-hybridized carbons (Fsp3) is 0.310. The zero-order chi connectivity index (χ0) is 27.7. The van der Waals surface area contributed by atoms with E-state index in [1.165, 1.54) is 4.88 Å². The fourth-order valence-electron chi connectivity index (χ4n) is 4.90. The van der Waals surface area contributed by atoms with Crippen LogP contribution >= 0.6 is 22.9 Å². The number of hydrogen-bond donors (Lipinski definition) is 3. The van der Waals surface area contributed by atoms with Crippen LogP contribution in [-0.4, -0.2) is 38.0 Å². The van der Waals surface area contributed by atoms with E-state index in [0.717, 1.165) is 57.2 Å². The molecule has 5 rings (SSSR count). The number of thiophene rings is 1. The number of hydrogen-bond acceptors (Lipinski definition) is 7. The van der Waals surface area contributed by atoms with Gasteiger partial charge in [0.25, 0.3) is 0 Å². The van der Waals surface area contributed by atoms with E-state index < -0.39 is 6.04 Å². The van der Waals surface area contributed by atoms with Crippen LogP contribution in [0.3, 0.4) is 0 Å². The number of carbonyl (C=O) groups excluding carboxylic acids is 1. The number of amides is 1. The van der Waals surface area contributed by atoms with E-state index in [2.05, 4.69) is 29.4 Å². The molecule has 0 aliphatic carbocycles. The van der Waals surface area contributed by atoms with E-state index in [-0.39, 0.29) is 18.9 Å². The first-order chi connectivity index (χ1) is 18.8. The highest BCUT2D eigenvalue weighted by Gasteiger charge is 2.32. The summed E-state index contributed by atoms with van der Waals surface area (Å²) in [5.41, 5.74) is 12.1. The molecule has 0 radical (unpaired) electrons. The zero-order valence-corrected chi connectivity index (χ0v) is 23.7. The van der Waals surface area contributed by atoms with Gasteiger partial charge in [0.15, 0.2) is 5.82 Å². The molecule has 2 aromatic heterocycles. The molecule has 0 fully saturated rings. The van der Waals surface area contributed by atoms with E-state index in [4.69, 9.17) is 22.3 Å². The van der Waals surface area contributed by atoms with Gasteiger partial charge in [0, 0.05) is 26.7 Å². The molecule has 1 amide bonds. The highest BCUT2D eigenvalue weighted by molar-refractivity contribution is 7.15. The van der Waals surface area contributed by atoms with Crippen LogP contribution in [0.4, 0.5) is 5.69 Å². The summed E-state index contributed by atoms with van der Waals surface area (Å²) in [5, 5.41) is 23.2. The average Bonchev–Trinajstić information content (AvgIpc) is 3.40. The van der Waals surface area contributed by atoms with Crippen LogP contribution in [0, 0.1) is 20.8 Å². The SMILES string of the molecule is Cc1sc2c(c1C)C(c1ccc(Cl)cc1)=N[C@@H](CC(=O)Nc1ccc(CO)c(CCCN)c1)c1nnc(C)n1-2. The Kier molecular flexibility index (Phi) is 7.95. The third-order valence-electron chi connectivity index (χ3n) is 7.05. The second-order valence-corrected chi connectivity index (χ2v) is 11.3. The molecule has 4 aromatic rings. The van der Waals surface area contributed by atoms with Crippen molar-refractivity contribution in [1.29, 1.82) is 0 Å². The predicted octanol–water partition coefficient (Wildman–Crippen LogP) is 5.21. The van der Waals surface area contributed by atoms with Crippen molar-refractivity contribution >= 4 is 40.2 Å². The summed E-state index contributed by atoms with van der Waals surface area (Å²) in [7, 11) is 0. The summed E-state index contributed by atoms with van der Waals surface area (Å²) in [4.78, 5) is 19.7. The number of aliphatic imine (C=N–C) groups is 1. The molecule has 39 heavy (non-hydrogen) atoms. The minimum atomic E-state index is -0.551. The van der Waals surface area contributed by atoms with Crippen LogP contribution in [0.1, 0.15) is 63.2 Å². The van der Waals surface area contributed by atoms with Gasteiger partial charge >= 0.3 is 0 Å². The lowest BCUT2D eigenvalue weighted by Crippen LogP contribution is -2.17. The predicted molar refractivity (Wildman–Crippen MR) is 156 cm³/mol. The number of fused-ring (bicyclic) bond motifs is 3. The van der Waals surface area contributed by atoms with Gasteiger partial charge in [-0.2, -0.15) is 0 Å². The molecule has 0 spiro atoms. The number of rotatable bonds is 8. The van der Waals surface area contributed by atoms with Gasteiger partial charge in [-0.25, -0.2) is 0 Å². The van der Waals surface area contributed by atoms with Crippen LogP contribution in [0.2, 0.25) is 5.02 Å². The molecule has 1 aliphatic heterocycles. The quantitative estimate of drug-likeness (QED) is 0.272. The van der Waals surface area contributed by atoms with Crippen molar-refractivity contribution in [2.75, 3.05) is 11.9 Å². The van der Waals surface area contributed by atoms with E-state index in [0.29, 0.717) is 23.1 Å². The van der Waals surface area contributed by atoms with Gasteiger partial charge < -0.3 is 16.2 Å². The molecular weight excluding hydrogens is 532 g/mol. The van der Waals surface area contributed by atoms with E-state index in [9.17, 15) is 9.90 Å². The second-order valence-electron chi connectivity index (χ2n) is 9.69. The smallest absolute Gasteiger partial charge is 0.227 e. The van der Waals surface area contributed by atoms with Crippen LogP contribution in [-0.2, 0) is 17.8 Å². The number of nitrogens with one attached hydrogen (secondary N) is 1. The largest absolute Gasteiger partial charge is 0.392 e. The Balaban J connectivity index is 1.53. The molecule has 1 atom stereocenters. The molecule has 10 heteroatoms.